The smallest absolute Gasteiger partial charge is 0.251 e. The van der Waals surface area contributed by atoms with Crippen molar-refractivity contribution < 1.29 is 9.53 Å². The molecule has 2 rings (SSSR count). The molecule has 2 N–H and O–H groups in total. The van der Waals surface area contributed by atoms with Crippen LogP contribution in [0.15, 0.2) is 18.2 Å². The van der Waals surface area contributed by atoms with Crippen LogP contribution in [0.5, 0.6) is 0 Å². The largest absolute Gasteiger partial charge is 0.382 e. The molecule has 1 fully saturated rings. The molecule has 0 radical (unpaired) electrons. The third-order valence-corrected chi connectivity index (χ3v) is 3.89. The molecule has 1 aliphatic heterocycles. The van der Waals surface area contributed by atoms with E-state index in [1.54, 1.807) is 0 Å². The molecule has 0 aromatic heterocycles. The van der Waals surface area contributed by atoms with Crippen LogP contribution in [-0.2, 0) is 4.74 Å². The summed E-state index contributed by atoms with van der Waals surface area (Å²) >= 11 is 0. The number of benzene rings is 1. The molecule has 1 aromatic carbocycles. The lowest BCUT2D eigenvalue weighted by molar-refractivity contribution is -0.0553. The first kappa shape index (κ1) is 15.8. The molecule has 116 valence electrons. The summed E-state index contributed by atoms with van der Waals surface area (Å²) < 4.78 is 5.75. The van der Waals surface area contributed by atoms with E-state index >= 15 is 0 Å². The van der Waals surface area contributed by atoms with Gasteiger partial charge in [0, 0.05) is 30.4 Å². The van der Waals surface area contributed by atoms with Crippen LogP contribution >= 0.6 is 0 Å². The summed E-state index contributed by atoms with van der Waals surface area (Å²) in [6, 6.07) is 6.21. The Kier molecular flexibility index (Phi) is 4.88. The number of rotatable bonds is 4. The Bertz CT molecular complexity index is 512. The Morgan fingerprint density at radius 1 is 1.43 bits per heavy atom. The number of hydrogen-bond donors (Lipinski definition) is 2. The number of hydrogen-bond acceptors (Lipinski definition) is 3. The minimum Gasteiger partial charge on any atom is -0.382 e. The summed E-state index contributed by atoms with van der Waals surface area (Å²) in [7, 11) is 0. The quantitative estimate of drug-likeness (QED) is 0.896. The highest BCUT2D eigenvalue weighted by molar-refractivity contribution is 5.95. The highest BCUT2D eigenvalue weighted by Crippen LogP contribution is 2.27. The number of anilines is 1. The van der Waals surface area contributed by atoms with Gasteiger partial charge in [-0.25, -0.2) is 0 Å². The van der Waals surface area contributed by atoms with Gasteiger partial charge in [-0.15, -0.1) is 0 Å². The zero-order valence-electron chi connectivity index (χ0n) is 13.5. The maximum absolute atomic E-state index is 11.9. The van der Waals surface area contributed by atoms with Crippen LogP contribution in [0, 0.1) is 6.92 Å². The average molecular weight is 290 g/mol. The first-order chi connectivity index (χ1) is 9.91. The number of carbonyl (C=O) groups excluding carboxylic acids is 1. The van der Waals surface area contributed by atoms with Crippen LogP contribution in [-0.4, -0.2) is 30.7 Å². The molecule has 1 saturated heterocycles. The van der Waals surface area contributed by atoms with Gasteiger partial charge in [0.2, 0.25) is 0 Å². The molecule has 4 nitrogen and oxygen atoms in total. The van der Waals surface area contributed by atoms with E-state index in [2.05, 4.69) is 31.4 Å². The highest BCUT2D eigenvalue weighted by Gasteiger charge is 2.28. The Morgan fingerprint density at radius 3 is 2.86 bits per heavy atom. The van der Waals surface area contributed by atoms with Crippen LogP contribution in [0.2, 0.25) is 0 Å². The molecular weight excluding hydrogens is 264 g/mol. The number of amides is 1. The Morgan fingerprint density at radius 2 is 2.19 bits per heavy atom. The maximum atomic E-state index is 11.9. The van der Waals surface area contributed by atoms with Gasteiger partial charge in [-0.2, -0.15) is 0 Å². The van der Waals surface area contributed by atoms with E-state index in [9.17, 15) is 4.79 Å². The minimum atomic E-state index is -0.0823. The molecule has 1 amide bonds. The van der Waals surface area contributed by atoms with Gasteiger partial charge in [0.1, 0.15) is 0 Å². The average Bonchev–Trinajstić information content (AvgIpc) is 2.40. The normalized spacial score (nSPS) is 20.9. The minimum absolute atomic E-state index is 0.0205. The third-order valence-electron chi connectivity index (χ3n) is 3.89. The lowest BCUT2D eigenvalue weighted by Crippen LogP contribution is -2.40. The number of ether oxygens (including phenoxy) is 1. The molecule has 0 spiro atoms. The number of aryl methyl sites for hydroxylation is 1. The summed E-state index contributed by atoms with van der Waals surface area (Å²) in [5.41, 5.74) is 2.83. The molecule has 0 aliphatic carbocycles. The summed E-state index contributed by atoms with van der Waals surface area (Å²) in [4.78, 5) is 11.9. The van der Waals surface area contributed by atoms with E-state index < -0.39 is 0 Å². The van der Waals surface area contributed by atoms with Gasteiger partial charge in [0.15, 0.2) is 0 Å². The zero-order valence-corrected chi connectivity index (χ0v) is 13.5. The van der Waals surface area contributed by atoms with E-state index in [0.29, 0.717) is 18.2 Å². The third kappa shape index (κ3) is 4.21. The molecule has 1 heterocycles. The fourth-order valence-corrected chi connectivity index (χ4v) is 2.76. The second kappa shape index (κ2) is 6.48. The van der Waals surface area contributed by atoms with E-state index in [1.807, 2.05) is 25.1 Å². The fourth-order valence-electron chi connectivity index (χ4n) is 2.76. The standard InChI is InChI=1S/C17H26N2O2/c1-5-18-16(20)13-7-6-12(2)15(10-13)19-14-8-9-21-17(3,4)11-14/h6-7,10,14,19H,5,8-9,11H2,1-4H3,(H,18,20). The molecule has 0 saturated carbocycles. The topological polar surface area (TPSA) is 50.4 Å². The van der Waals surface area contributed by atoms with Crippen LogP contribution < -0.4 is 10.6 Å². The van der Waals surface area contributed by atoms with E-state index in [1.165, 1.54) is 0 Å². The second-order valence-electron chi connectivity index (χ2n) is 6.33. The van der Waals surface area contributed by atoms with Crippen molar-refractivity contribution in [3.05, 3.63) is 29.3 Å². The number of nitrogens with one attached hydrogen (secondary N) is 2. The van der Waals surface area contributed by atoms with E-state index in [-0.39, 0.29) is 11.5 Å². The van der Waals surface area contributed by atoms with E-state index in [0.717, 1.165) is 30.7 Å². The van der Waals surface area contributed by atoms with Crippen molar-refractivity contribution in [1.29, 1.82) is 0 Å². The van der Waals surface area contributed by atoms with Crippen LogP contribution in [0.1, 0.15) is 49.5 Å². The first-order valence-corrected chi connectivity index (χ1v) is 7.70. The van der Waals surface area contributed by atoms with Gasteiger partial charge in [-0.05, 0) is 58.2 Å². The molecule has 1 aliphatic rings. The molecule has 1 unspecified atom stereocenters. The van der Waals surface area contributed by atoms with Crippen molar-refractivity contribution in [1.82, 2.24) is 5.32 Å². The Hall–Kier alpha value is -1.55. The maximum Gasteiger partial charge on any atom is 0.251 e. The first-order valence-electron chi connectivity index (χ1n) is 7.70. The molecular formula is C17H26N2O2. The van der Waals surface area contributed by atoms with Crippen molar-refractivity contribution in [3.63, 3.8) is 0 Å². The van der Waals surface area contributed by atoms with Crippen LogP contribution in [0.25, 0.3) is 0 Å². The molecule has 1 aromatic rings. The van der Waals surface area contributed by atoms with Crippen molar-refractivity contribution in [2.24, 2.45) is 0 Å². The van der Waals surface area contributed by atoms with Crippen LogP contribution in [0.4, 0.5) is 5.69 Å². The van der Waals surface area contributed by atoms with Crippen molar-refractivity contribution in [2.45, 2.75) is 52.2 Å². The number of carbonyl (C=O) groups is 1. The fraction of sp³-hybridized carbons (Fsp3) is 0.588. The molecule has 0 bridgehead atoms. The summed E-state index contributed by atoms with van der Waals surface area (Å²) in [5.74, 6) is -0.0205. The van der Waals surface area contributed by atoms with Gasteiger partial charge in [-0.1, -0.05) is 6.07 Å². The van der Waals surface area contributed by atoms with Gasteiger partial charge in [-0.3, -0.25) is 4.79 Å². The highest BCUT2D eigenvalue weighted by atomic mass is 16.5. The van der Waals surface area contributed by atoms with Crippen molar-refractivity contribution >= 4 is 11.6 Å². The Labute approximate surface area is 127 Å². The van der Waals surface area contributed by atoms with E-state index in [4.69, 9.17) is 4.74 Å². The molecule has 21 heavy (non-hydrogen) atoms. The van der Waals surface area contributed by atoms with Crippen molar-refractivity contribution in [2.75, 3.05) is 18.5 Å². The zero-order chi connectivity index (χ0) is 15.5. The van der Waals surface area contributed by atoms with Gasteiger partial charge in [0.25, 0.3) is 5.91 Å². The summed E-state index contributed by atoms with van der Waals surface area (Å²) in [6.07, 6.45) is 1.96. The summed E-state index contributed by atoms with van der Waals surface area (Å²) in [5, 5.41) is 6.42. The van der Waals surface area contributed by atoms with Gasteiger partial charge >= 0.3 is 0 Å². The Balaban J connectivity index is 2.12. The van der Waals surface area contributed by atoms with Crippen molar-refractivity contribution in [3.8, 4) is 0 Å². The lowest BCUT2D eigenvalue weighted by atomic mass is 9.93. The summed E-state index contributed by atoms with van der Waals surface area (Å²) in [6.45, 7) is 9.66. The van der Waals surface area contributed by atoms with Gasteiger partial charge in [0.05, 0.1) is 5.60 Å². The van der Waals surface area contributed by atoms with Crippen LogP contribution in [0.3, 0.4) is 0 Å². The van der Waals surface area contributed by atoms with Gasteiger partial charge < -0.3 is 15.4 Å². The lowest BCUT2D eigenvalue weighted by Gasteiger charge is -2.36. The predicted octanol–water partition coefficient (Wildman–Crippen LogP) is 3.11. The monoisotopic (exact) mass is 290 g/mol. The second-order valence-corrected chi connectivity index (χ2v) is 6.33. The molecule has 4 heteroatoms. The molecule has 1 atom stereocenters. The SMILES string of the molecule is CCNC(=O)c1ccc(C)c(NC2CCOC(C)(C)C2)c1. The predicted molar refractivity (Wildman–Crippen MR) is 85.9 cm³/mol.